The topological polar surface area (TPSA) is 89.0 Å². The van der Waals surface area contributed by atoms with Crippen LogP contribution in [0.5, 0.6) is 5.75 Å². The lowest BCUT2D eigenvalue weighted by atomic mass is 10.2. The van der Waals surface area contributed by atoms with Crippen molar-refractivity contribution in [1.82, 2.24) is 10.7 Å². The summed E-state index contributed by atoms with van der Waals surface area (Å²) in [5, 5.41) is 6.24. The van der Waals surface area contributed by atoms with Gasteiger partial charge in [0, 0.05) is 10.0 Å². The van der Waals surface area contributed by atoms with E-state index >= 15 is 0 Å². The van der Waals surface area contributed by atoms with Crippen LogP contribution in [0.1, 0.15) is 11.1 Å². The van der Waals surface area contributed by atoms with E-state index in [1.165, 1.54) is 6.21 Å². The minimum Gasteiger partial charge on any atom is -0.489 e. The van der Waals surface area contributed by atoms with E-state index in [1.807, 2.05) is 36.4 Å². The van der Waals surface area contributed by atoms with Gasteiger partial charge in [-0.05, 0) is 23.8 Å². The van der Waals surface area contributed by atoms with Gasteiger partial charge in [-0.1, -0.05) is 58.9 Å². The van der Waals surface area contributed by atoms with Crippen LogP contribution in [0.25, 0.3) is 0 Å². The Hall–Kier alpha value is -3.13. The third kappa shape index (κ3) is 7.63. The van der Waals surface area contributed by atoms with Crippen molar-refractivity contribution in [3.63, 3.8) is 0 Å². The number of carbonyl (C=O) groups excluding carboxylic acids is 2. The summed E-state index contributed by atoms with van der Waals surface area (Å²) in [6, 6.07) is 14.7. The Morgan fingerprint density at radius 3 is 2.71 bits per heavy atom. The van der Waals surface area contributed by atoms with Gasteiger partial charge in [-0.3, -0.25) is 4.79 Å². The number of nitrogens with one attached hydrogen (secondary N) is 2. The van der Waals surface area contributed by atoms with Crippen LogP contribution in [0, 0.1) is 0 Å². The fourth-order valence-electron chi connectivity index (χ4n) is 2.04. The van der Waals surface area contributed by atoms with E-state index in [-0.39, 0.29) is 13.2 Å². The Balaban J connectivity index is 1.76. The normalized spacial score (nSPS) is 10.3. The van der Waals surface area contributed by atoms with Crippen molar-refractivity contribution < 1.29 is 19.1 Å². The highest BCUT2D eigenvalue weighted by Gasteiger charge is 2.06. The van der Waals surface area contributed by atoms with Crippen molar-refractivity contribution in [2.45, 2.75) is 6.61 Å². The van der Waals surface area contributed by atoms with Crippen LogP contribution < -0.4 is 15.5 Å². The van der Waals surface area contributed by atoms with Gasteiger partial charge in [0.1, 0.15) is 25.5 Å². The average molecular weight is 446 g/mol. The van der Waals surface area contributed by atoms with Gasteiger partial charge in [0.25, 0.3) is 5.91 Å². The molecule has 0 spiro atoms. The van der Waals surface area contributed by atoms with Crippen molar-refractivity contribution in [3.05, 3.63) is 76.8 Å². The minimum absolute atomic E-state index is 0.128. The second-order valence-electron chi connectivity index (χ2n) is 5.49. The zero-order chi connectivity index (χ0) is 20.2. The third-order valence-electron chi connectivity index (χ3n) is 3.33. The number of benzene rings is 2. The summed E-state index contributed by atoms with van der Waals surface area (Å²) in [6.45, 7) is 3.82. The van der Waals surface area contributed by atoms with Crippen LogP contribution in [-0.2, 0) is 16.1 Å². The summed E-state index contributed by atoms with van der Waals surface area (Å²) < 4.78 is 11.4. The molecule has 2 rings (SSSR count). The molecule has 2 N–H and O–H groups in total. The molecule has 0 aliphatic rings. The standard InChI is InChI=1S/C20H20BrN3O4/c1-2-10-27-18-9-8-17(21)11-16(18)12-23-24-19(25)13-22-20(26)28-14-15-6-4-3-5-7-15/h2-9,11-12H,1,10,13-14H2,(H,22,26)(H,24,25)/b23-12-. The molecule has 0 aliphatic carbocycles. The van der Waals surface area contributed by atoms with Crippen molar-refractivity contribution in [2.24, 2.45) is 5.10 Å². The Morgan fingerprint density at radius 1 is 1.18 bits per heavy atom. The van der Waals surface area contributed by atoms with Crippen molar-refractivity contribution in [1.29, 1.82) is 0 Å². The zero-order valence-corrected chi connectivity index (χ0v) is 16.6. The number of halogens is 1. The van der Waals surface area contributed by atoms with Gasteiger partial charge in [0.15, 0.2) is 0 Å². The molecule has 2 aromatic rings. The summed E-state index contributed by atoms with van der Waals surface area (Å²) in [5.41, 5.74) is 3.86. The number of nitrogens with zero attached hydrogens (tertiary/aromatic N) is 1. The number of carbonyl (C=O) groups is 2. The molecule has 0 radical (unpaired) electrons. The van der Waals surface area contributed by atoms with E-state index in [2.05, 4.69) is 38.4 Å². The van der Waals surface area contributed by atoms with E-state index in [4.69, 9.17) is 9.47 Å². The van der Waals surface area contributed by atoms with E-state index in [1.54, 1.807) is 18.2 Å². The number of rotatable bonds is 9. The number of hydrazone groups is 1. The van der Waals surface area contributed by atoms with Gasteiger partial charge in [-0.15, -0.1) is 0 Å². The molecule has 0 saturated heterocycles. The van der Waals surface area contributed by atoms with Crippen LogP contribution in [0.2, 0.25) is 0 Å². The fourth-order valence-corrected chi connectivity index (χ4v) is 2.42. The SMILES string of the molecule is C=CCOc1ccc(Br)cc1/C=N\NC(=O)CNC(=O)OCc1ccccc1. The van der Waals surface area contributed by atoms with Crippen LogP contribution in [0.4, 0.5) is 4.79 Å². The predicted molar refractivity (Wildman–Crippen MR) is 110 cm³/mol. The number of hydrogen-bond acceptors (Lipinski definition) is 5. The molecule has 28 heavy (non-hydrogen) atoms. The Morgan fingerprint density at radius 2 is 1.96 bits per heavy atom. The molecule has 2 aromatic carbocycles. The highest BCUT2D eigenvalue weighted by molar-refractivity contribution is 9.10. The lowest BCUT2D eigenvalue weighted by Gasteiger charge is -2.08. The molecule has 0 saturated carbocycles. The van der Waals surface area contributed by atoms with Crippen LogP contribution in [0.15, 0.2) is 70.8 Å². The maximum absolute atomic E-state index is 11.8. The Bertz CT molecular complexity index is 841. The van der Waals surface area contributed by atoms with Crippen LogP contribution >= 0.6 is 15.9 Å². The summed E-state index contributed by atoms with van der Waals surface area (Å²) in [4.78, 5) is 23.4. The molecular formula is C20H20BrN3O4. The van der Waals surface area contributed by atoms with Gasteiger partial charge in [-0.25, -0.2) is 10.2 Å². The molecule has 0 unspecified atom stereocenters. The Kier molecular flexibility index (Phi) is 8.74. The number of alkyl carbamates (subject to hydrolysis) is 1. The van der Waals surface area contributed by atoms with E-state index < -0.39 is 12.0 Å². The van der Waals surface area contributed by atoms with Gasteiger partial charge in [0.2, 0.25) is 0 Å². The first-order valence-electron chi connectivity index (χ1n) is 8.38. The van der Waals surface area contributed by atoms with Gasteiger partial charge in [0.05, 0.1) is 6.21 Å². The molecule has 0 fully saturated rings. The monoisotopic (exact) mass is 445 g/mol. The molecule has 0 aromatic heterocycles. The summed E-state index contributed by atoms with van der Waals surface area (Å²) in [5.74, 6) is 0.111. The van der Waals surface area contributed by atoms with E-state index in [9.17, 15) is 9.59 Å². The van der Waals surface area contributed by atoms with Crippen molar-refractivity contribution in [3.8, 4) is 5.75 Å². The highest BCUT2D eigenvalue weighted by Crippen LogP contribution is 2.21. The van der Waals surface area contributed by atoms with Crippen LogP contribution in [0.3, 0.4) is 0 Å². The van der Waals surface area contributed by atoms with E-state index in [0.29, 0.717) is 17.9 Å². The molecule has 0 heterocycles. The maximum atomic E-state index is 11.8. The van der Waals surface area contributed by atoms with Crippen molar-refractivity contribution >= 4 is 34.1 Å². The fraction of sp³-hybridized carbons (Fsp3) is 0.150. The predicted octanol–water partition coefficient (Wildman–Crippen LogP) is 3.39. The second-order valence-corrected chi connectivity index (χ2v) is 6.41. The molecule has 7 nitrogen and oxygen atoms in total. The average Bonchev–Trinajstić information content (AvgIpc) is 2.71. The number of amides is 2. The van der Waals surface area contributed by atoms with Gasteiger partial charge < -0.3 is 14.8 Å². The van der Waals surface area contributed by atoms with E-state index in [0.717, 1.165) is 10.0 Å². The third-order valence-corrected chi connectivity index (χ3v) is 3.82. The molecule has 2 amide bonds. The van der Waals surface area contributed by atoms with Crippen LogP contribution in [-0.4, -0.2) is 31.4 Å². The summed E-state index contributed by atoms with van der Waals surface area (Å²) in [7, 11) is 0. The molecule has 146 valence electrons. The quantitative estimate of drug-likeness (QED) is 0.351. The second kappa shape index (κ2) is 11.6. The molecule has 0 bridgehead atoms. The van der Waals surface area contributed by atoms with Gasteiger partial charge >= 0.3 is 6.09 Å². The highest BCUT2D eigenvalue weighted by atomic mass is 79.9. The first kappa shape index (κ1) is 21.2. The molecule has 0 atom stereocenters. The lowest BCUT2D eigenvalue weighted by Crippen LogP contribution is -2.35. The first-order valence-corrected chi connectivity index (χ1v) is 9.17. The summed E-state index contributed by atoms with van der Waals surface area (Å²) >= 11 is 3.37. The van der Waals surface area contributed by atoms with Crippen molar-refractivity contribution in [2.75, 3.05) is 13.2 Å². The summed E-state index contributed by atoms with van der Waals surface area (Å²) in [6.07, 6.45) is 2.40. The minimum atomic E-state index is -0.685. The largest absolute Gasteiger partial charge is 0.489 e. The molecule has 8 heteroatoms. The Labute approximate surface area is 171 Å². The maximum Gasteiger partial charge on any atom is 0.407 e. The zero-order valence-electron chi connectivity index (χ0n) is 15.1. The first-order chi connectivity index (χ1) is 13.6. The number of ether oxygens (including phenoxy) is 2. The van der Waals surface area contributed by atoms with Gasteiger partial charge in [-0.2, -0.15) is 5.10 Å². The smallest absolute Gasteiger partial charge is 0.407 e. The lowest BCUT2D eigenvalue weighted by molar-refractivity contribution is -0.120. The number of hydrogen-bond donors (Lipinski definition) is 2. The molecule has 0 aliphatic heterocycles. The molecular weight excluding hydrogens is 426 g/mol.